The number of hydrogen-bond acceptors (Lipinski definition) is 3. The topological polar surface area (TPSA) is 61.4 Å². The number of nitrogens with zero attached hydrogens (tertiary/aromatic N) is 1. The quantitative estimate of drug-likeness (QED) is 0.669. The minimum Gasteiger partial charge on any atom is -0.354 e. The van der Waals surface area contributed by atoms with Gasteiger partial charge in [0.25, 0.3) is 5.91 Å². The molecule has 0 fully saturated rings. The van der Waals surface area contributed by atoms with Crippen LogP contribution in [-0.4, -0.2) is 43.9 Å². The highest BCUT2D eigenvalue weighted by Gasteiger charge is 2.16. The predicted octanol–water partition coefficient (Wildman–Crippen LogP) is 3.13. The summed E-state index contributed by atoms with van der Waals surface area (Å²) < 4.78 is 14.3. The average Bonchev–Trinajstić information content (AvgIpc) is 2.62. The normalized spacial score (nSPS) is 11.9. The molecule has 0 aliphatic carbocycles. The van der Waals surface area contributed by atoms with Gasteiger partial charge in [-0.05, 0) is 56.1 Å². The molecule has 0 saturated heterocycles. The van der Waals surface area contributed by atoms with Crippen molar-refractivity contribution in [3.05, 3.63) is 69.9 Å². The summed E-state index contributed by atoms with van der Waals surface area (Å²) in [4.78, 5) is 26.0. The standard InChI is InChI=1S/C20H23BrFN3O2/c1-25(2)18(15-4-3-5-17(22)12-15)13-24-19(26)10-11-23-20(27)14-6-8-16(21)9-7-14/h3-9,12,18H,10-11,13H2,1-2H3,(H,23,27)(H,24,26)/t18-/m1/s1. The van der Waals surface area contributed by atoms with E-state index in [0.717, 1.165) is 10.0 Å². The Bertz CT molecular complexity index is 781. The van der Waals surface area contributed by atoms with Crippen molar-refractivity contribution < 1.29 is 14.0 Å². The summed E-state index contributed by atoms with van der Waals surface area (Å²) in [6.07, 6.45) is 0.172. The Kier molecular flexibility index (Phi) is 7.94. The second kappa shape index (κ2) is 10.2. The summed E-state index contributed by atoms with van der Waals surface area (Å²) in [6, 6.07) is 13.2. The number of halogens is 2. The van der Waals surface area contributed by atoms with Crippen molar-refractivity contribution in [1.29, 1.82) is 0 Å². The van der Waals surface area contributed by atoms with Gasteiger partial charge in [0.05, 0.1) is 6.04 Å². The molecule has 2 aromatic rings. The maximum absolute atomic E-state index is 13.4. The van der Waals surface area contributed by atoms with Crippen LogP contribution in [0.3, 0.4) is 0 Å². The first-order valence-corrected chi connectivity index (χ1v) is 9.38. The number of amides is 2. The molecule has 7 heteroatoms. The zero-order valence-electron chi connectivity index (χ0n) is 15.3. The first kappa shape index (κ1) is 21.1. The highest BCUT2D eigenvalue weighted by atomic mass is 79.9. The van der Waals surface area contributed by atoms with Crippen molar-refractivity contribution in [2.24, 2.45) is 0 Å². The molecule has 2 N–H and O–H groups in total. The van der Waals surface area contributed by atoms with Gasteiger partial charge in [0.15, 0.2) is 0 Å². The lowest BCUT2D eigenvalue weighted by Crippen LogP contribution is -2.36. The molecular weight excluding hydrogens is 413 g/mol. The molecule has 1 atom stereocenters. The minimum atomic E-state index is -0.304. The number of likely N-dealkylation sites (N-methyl/N-ethyl adjacent to an activating group) is 1. The molecule has 5 nitrogen and oxygen atoms in total. The van der Waals surface area contributed by atoms with Crippen LogP contribution in [0.2, 0.25) is 0 Å². The molecule has 0 spiro atoms. The van der Waals surface area contributed by atoms with Gasteiger partial charge < -0.3 is 15.5 Å². The van der Waals surface area contributed by atoms with E-state index in [4.69, 9.17) is 0 Å². The number of benzene rings is 2. The van der Waals surface area contributed by atoms with Crippen LogP contribution in [0.15, 0.2) is 53.0 Å². The van der Waals surface area contributed by atoms with E-state index >= 15 is 0 Å². The number of hydrogen-bond donors (Lipinski definition) is 2. The molecule has 0 radical (unpaired) electrons. The van der Waals surface area contributed by atoms with Crippen molar-refractivity contribution >= 4 is 27.7 Å². The minimum absolute atomic E-state index is 0.137. The molecule has 144 valence electrons. The van der Waals surface area contributed by atoms with Gasteiger partial charge in [0.2, 0.25) is 5.91 Å². The molecule has 0 heterocycles. The lowest BCUT2D eigenvalue weighted by Gasteiger charge is -2.25. The van der Waals surface area contributed by atoms with Gasteiger partial charge >= 0.3 is 0 Å². The lowest BCUT2D eigenvalue weighted by molar-refractivity contribution is -0.121. The largest absolute Gasteiger partial charge is 0.354 e. The van der Waals surface area contributed by atoms with Gasteiger partial charge in [-0.1, -0.05) is 28.1 Å². The zero-order valence-corrected chi connectivity index (χ0v) is 16.9. The van der Waals surface area contributed by atoms with Gasteiger partial charge in [-0.2, -0.15) is 0 Å². The summed E-state index contributed by atoms with van der Waals surface area (Å²) in [5.74, 6) is -0.697. The van der Waals surface area contributed by atoms with Gasteiger partial charge in [-0.15, -0.1) is 0 Å². The van der Waals surface area contributed by atoms with E-state index in [0.29, 0.717) is 12.1 Å². The zero-order chi connectivity index (χ0) is 19.8. The van der Waals surface area contributed by atoms with Crippen molar-refractivity contribution in [3.8, 4) is 0 Å². The van der Waals surface area contributed by atoms with E-state index in [2.05, 4.69) is 26.6 Å². The van der Waals surface area contributed by atoms with Crippen LogP contribution in [0.25, 0.3) is 0 Å². The van der Waals surface area contributed by atoms with Crippen LogP contribution < -0.4 is 10.6 Å². The third-order valence-corrected chi connectivity index (χ3v) is 4.62. The van der Waals surface area contributed by atoms with E-state index in [-0.39, 0.29) is 36.6 Å². The Balaban J connectivity index is 1.79. The monoisotopic (exact) mass is 435 g/mol. The maximum atomic E-state index is 13.4. The highest BCUT2D eigenvalue weighted by Crippen LogP contribution is 2.18. The van der Waals surface area contributed by atoms with Gasteiger partial charge in [0.1, 0.15) is 5.82 Å². The fourth-order valence-corrected chi connectivity index (χ4v) is 2.87. The third-order valence-electron chi connectivity index (χ3n) is 4.09. The highest BCUT2D eigenvalue weighted by molar-refractivity contribution is 9.10. The lowest BCUT2D eigenvalue weighted by atomic mass is 10.1. The van der Waals surface area contributed by atoms with E-state index < -0.39 is 0 Å². The molecule has 0 aliphatic heterocycles. The number of nitrogens with one attached hydrogen (secondary N) is 2. The molecule has 0 unspecified atom stereocenters. The molecule has 2 rings (SSSR count). The van der Waals surface area contributed by atoms with Crippen LogP contribution in [0.5, 0.6) is 0 Å². The fraction of sp³-hybridized carbons (Fsp3) is 0.300. The number of carbonyl (C=O) groups is 2. The van der Waals surface area contributed by atoms with E-state index in [1.54, 1.807) is 30.3 Å². The first-order chi connectivity index (χ1) is 12.9. The molecule has 0 bridgehead atoms. The Morgan fingerprint density at radius 3 is 2.44 bits per heavy atom. The molecular formula is C20H23BrFN3O2. The van der Waals surface area contributed by atoms with Gasteiger partial charge in [0, 0.05) is 29.5 Å². The SMILES string of the molecule is CN(C)[C@H](CNC(=O)CCNC(=O)c1ccc(Br)cc1)c1cccc(F)c1. The predicted molar refractivity (Wildman–Crippen MR) is 107 cm³/mol. The van der Waals surface area contributed by atoms with Gasteiger partial charge in [-0.25, -0.2) is 4.39 Å². The van der Waals surface area contributed by atoms with Crippen molar-refractivity contribution in [1.82, 2.24) is 15.5 Å². The number of carbonyl (C=O) groups excluding carboxylic acids is 2. The van der Waals surface area contributed by atoms with Crippen molar-refractivity contribution in [3.63, 3.8) is 0 Å². The van der Waals surface area contributed by atoms with Crippen molar-refractivity contribution in [2.45, 2.75) is 12.5 Å². The molecule has 0 aromatic heterocycles. The molecule has 0 saturated carbocycles. The summed E-state index contributed by atoms with van der Waals surface area (Å²) in [5, 5.41) is 5.57. The summed E-state index contributed by atoms with van der Waals surface area (Å²) in [7, 11) is 3.75. The molecule has 27 heavy (non-hydrogen) atoms. The summed E-state index contributed by atoms with van der Waals surface area (Å²) in [6.45, 7) is 0.600. The Labute approximate surface area is 167 Å². The van der Waals surface area contributed by atoms with Crippen LogP contribution >= 0.6 is 15.9 Å². The summed E-state index contributed by atoms with van der Waals surface area (Å²) >= 11 is 3.32. The van der Waals surface area contributed by atoms with Crippen LogP contribution in [-0.2, 0) is 4.79 Å². The Morgan fingerprint density at radius 2 is 1.81 bits per heavy atom. The van der Waals surface area contributed by atoms with Crippen LogP contribution in [0, 0.1) is 5.82 Å². The summed E-state index contributed by atoms with van der Waals surface area (Å²) in [5.41, 5.74) is 1.33. The average molecular weight is 436 g/mol. The fourth-order valence-electron chi connectivity index (χ4n) is 2.60. The number of rotatable bonds is 8. The van der Waals surface area contributed by atoms with Crippen LogP contribution in [0.4, 0.5) is 4.39 Å². The Morgan fingerprint density at radius 1 is 1.11 bits per heavy atom. The van der Waals surface area contributed by atoms with E-state index in [1.165, 1.54) is 12.1 Å². The molecule has 2 aromatic carbocycles. The second-order valence-electron chi connectivity index (χ2n) is 6.35. The van der Waals surface area contributed by atoms with E-state index in [9.17, 15) is 14.0 Å². The second-order valence-corrected chi connectivity index (χ2v) is 7.27. The van der Waals surface area contributed by atoms with Crippen LogP contribution in [0.1, 0.15) is 28.4 Å². The first-order valence-electron chi connectivity index (χ1n) is 8.59. The van der Waals surface area contributed by atoms with Crippen molar-refractivity contribution in [2.75, 3.05) is 27.2 Å². The van der Waals surface area contributed by atoms with E-state index in [1.807, 2.05) is 25.1 Å². The maximum Gasteiger partial charge on any atom is 0.251 e. The van der Waals surface area contributed by atoms with Gasteiger partial charge in [-0.3, -0.25) is 9.59 Å². The smallest absolute Gasteiger partial charge is 0.251 e. The Hall–Kier alpha value is -2.25. The molecule has 2 amide bonds. The third kappa shape index (κ3) is 6.77. The molecule has 0 aliphatic rings.